The van der Waals surface area contributed by atoms with Gasteiger partial charge in [-0.2, -0.15) is 5.10 Å². The summed E-state index contributed by atoms with van der Waals surface area (Å²) in [5, 5.41) is 19.1. The van der Waals surface area contributed by atoms with E-state index in [4.69, 9.17) is 9.47 Å². The van der Waals surface area contributed by atoms with Crippen molar-refractivity contribution in [2.45, 2.75) is 91.3 Å². The first-order chi connectivity index (χ1) is 26.1. The van der Waals surface area contributed by atoms with Gasteiger partial charge in [0.05, 0.1) is 24.4 Å². The Kier molecular flexibility index (Phi) is 13.0. The van der Waals surface area contributed by atoms with Crippen LogP contribution in [0.15, 0.2) is 60.8 Å². The first kappa shape index (κ1) is 40.5. The standard InChI is InChI=1S/C42H52N6O7/c1-24(2)45-38(50)30-16-17-32(25(3)18-30)28-12-8-26(9-13-28)19-36(39(51)46-31-20-33(40(52)54-7)34-23-44-48-35(34)21-31)47-37(49)29-14-10-27(11-15-29)22-43-41(53)55-42(4,5)6/h8-9,12-13,16-18,20-21,23-24,27,29,36H,10-11,14-15,19,22H2,1-7H3,(H,43,53)(H,44,48)(H,45,50)(H,46,51)(H,47,49)/t27-,29-,36-/m0/s1. The van der Waals surface area contributed by atoms with Gasteiger partial charge in [-0.3, -0.25) is 19.5 Å². The van der Waals surface area contributed by atoms with E-state index in [-0.39, 0.29) is 41.7 Å². The monoisotopic (exact) mass is 752 g/mol. The fourth-order valence-electron chi connectivity index (χ4n) is 6.83. The number of hydrogen-bond donors (Lipinski definition) is 5. The number of anilines is 1. The van der Waals surface area contributed by atoms with Crippen LogP contribution in [0, 0.1) is 18.8 Å². The topological polar surface area (TPSA) is 181 Å². The second-order valence-electron chi connectivity index (χ2n) is 15.6. The van der Waals surface area contributed by atoms with Gasteiger partial charge in [0.15, 0.2) is 0 Å². The van der Waals surface area contributed by atoms with Crippen molar-refractivity contribution >= 4 is 46.4 Å². The van der Waals surface area contributed by atoms with Crippen LogP contribution in [-0.4, -0.2) is 71.3 Å². The van der Waals surface area contributed by atoms with E-state index >= 15 is 0 Å². The van der Waals surface area contributed by atoms with Crippen LogP contribution >= 0.6 is 0 Å². The normalized spacial score (nSPS) is 16.2. The molecule has 1 fully saturated rings. The molecule has 1 saturated carbocycles. The van der Waals surface area contributed by atoms with Crippen LogP contribution in [0.25, 0.3) is 22.0 Å². The third-order valence-electron chi connectivity index (χ3n) is 9.63. The molecule has 1 heterocycles. The van der Waals surface area contributed by atoms with E-state index < -0.39 is 29.6 Å². The zero-order chi connectivity index (χ0) is 39.9. The molecule has 5 N–H and O–H groups in total. The number of methoxy groups -OCH3 is 1. The lowest BCUT2D eigenvalue weighted by molar-refractivity contribution is -0.130. The van der Waals surface area contributed by atoms with Crippen LogP contribution in [0.4, 0.5) is 10.5 Å². The van der Waals surface area contributed by atoms with Gasteiger partial charge in [-0.15, -0.1) is 0 Å². The molecule has 55 heavy (non-hydrogen) atoms. The van der Waals surface area contributed by atoms with Gasteiger partial charge < -0.3 is 30.7 Å². The number of esters is 1. The summed E-state index contributed by atoms with van der Waals surface area (Å²) >= 11 is 0. The molecule has 0 saturated heterocycles. The summed E-state index contributed by atoms with van der Waals surface area (Å²) in [4.78, 5) is 65.0. The highest BCUT2D eigenvalue weighted by Gasteiger charge is 2.31. The van der Waals surface area contributed by atoms with Crippen LogP contribution in [0.2, 0.25) is 0 Å². The predicted molar refractivity (Wildman–Crippen MR) is 211 cm³/mol. The summed E-state index contributed by atoms with van der Waals surface area (Å²) in [6.07, 6.45) is 3.99. The average molecular weight is 753 g/mol. The quantitative estimate of drug-likeness (QED) is 0.102. The number of H-pyrrole nitrogens is 1. The van der Waals surface area contributed by atoms with E-state index in [1.807, 2.05) is 77.9 Å². The summed E-state index contributed by atoms with van der Waals surface area (Å²) in [6.45, 7) is 11.7. The number of rotatable bonds is 12. The van der Waals surface area contributed by atoms with Crippen LogP contribution in [-0.2, 0) is 25.5 Å². The number of fused-ring (bicyclic) bond motifs is 1. The number of nitrogens with zero attached hydrogens (tertiary/aromatic N) is 1. The molecule has 0 bridgehead atoms. The molecule has 4 amide bonds. The van der Waals surface area contributed by atoms with E-state index in [2.05, 4.69) is 31.5 Å². The number of carbonyl (C=O) groups is 5. The number of nitrogens with one attached hydrogen (secondary N) is 5. The molecule has 292 valence electrons. The molecular formula is C42H52N6O7. The molecule has 3 aromatic carbocycles. The third kappa shape index (κ3) is 10.9. The number of hydrogen-bond acceptors (Lipinski definition) is 8. The van der Waals surface area contributed by atoms with Crippen LogP contribution in [0.5, 0.6) is 0 Å². The van der Waals surface area contributed by atoms with Gasteiger partial charge in [0.25, 0.3) is 5.91 Å². The predicted octanol–water partition coefficient (Wildman–Crippen LogP) is 6.46. The number of aryl methyl sites for hydroxylation is 1. The van der Waals surface area contributed by atoms with E-state index in [0.717, 1.165) is 35.1 Å². The van der Waals surface area contributed by atoms with Crippen molar-refractivity contribution < 1.29 is 33.4 Å². The lowest BCUT2D eigenvalue weighted by atomic mass is 9.81. The number of aromatic nitrogens is 2. The Hall–Kier alpha value is -5.72. The summed E-state index contributed by atoms with van der Waals surface area (Å²) < 4.78 is 10.3. The minimum Gasteiger partial charge on any atom is -0.465 e. The molecule has 1 aromatic heterocycles. The number of benzene rings is 3. The second kappa shape index (κ2) is 17.6. The first-order valence-corrected chi connectivity index (χ1v) is 18.7. The zero-order valence-electron chi connectivity index (χ0n) is 32.6. The second-order valence-corrected chi connectivity index (χ2v) is 15.6. The van der Waals surface area contributed by atoms with E-state index in [9.17, 15) is 24.0 Å². The minimum absolute atomic E-state index is 0.0304. The van der Waals surface area contributed by atoms with Crippen molar-refractivity contribution in [3.63, 3.8) is 0 Å². The summed E-state index contributed by atoms with van der Waals surface area (Å²) in [6, 6.07) is 15.7. The largest absolute Gasteiger partial charge is 0.465 e. The highest BCUT2D eigenvalue weighted by molar-refractivity contribution is 6.07. The maximum absolute atomic E-state index is 14.0. The molecule has 1 aliphatic rings. The maximum Gasteiger partial charge on any atom is 0.407 e. The Morgan fingerprint density at radius 1 is 0.927 bits per heavy atom. The van der Waals surface area contributed by atoms with E-state index in [1.165, 1.54) is 19.4 Å². The van der Waals surface area contributed by atoms with Gasteiger partial charge >= 0.3 is 12.1 Å². The van der Waals surface area contributed by atoms with Gasteiger partial charge in [-0.25, -0.2) is 9.59 Å². The van der Waals surface area contributed by atoms with E-state index in [1.54, 1.807) is 12.1 Å². The molecule has 0 spiro atoms. The van der Waals surface area contributed by atoms with Gasteiger partial charge in [0.2, 0.25) is 11.8 Å². The smallest absolute Gasteiger partial charge is 0.407 e. The third-order valence-corrected chi connectivity index (χ3v) is 9.63. The molecule has 4 aromatic rings. The van der Waals surface area contributed by atoms with Gasteiger partial charge in [0, 0.05) is 41.6 Å². The number of ether oxygens (including phenoxy) is 2. The lowest BCUT2D eigenvalue weighted by Crippen LogP contribution is -2.48. The summed E-state index contributed by atoms with van der Waals surface area (Å²) in [7, 11) is 1.28. The molecule has 0 unspecified atom stereocenters. The van der Waals surface area contributed by atoms with Crippen molar-refractivity contribution in [1.82, 2.24) is 26.1 Å². The molecule has 0 aliphatic heterocycles. The SMILES string of the molecule is COC(=O)c1cc(NC(=O)[C@H](Cc2ccc(-c3ccc(C(=O)NC(C)C)cc3C)cc2)NC(=O)[C@H]2CC[C@H](CNC(=O)OC(C)(C)C)CC2)cc2[nH]ncc12. The fraction of sp³-hybridized carbons (Fsp3) is 0.429. The van der Waals surface area contributed by atoms with Crippen molar-refractivity contribution in [3.8, 4) is 11.1 Å². The van der Waals surface area contributed by atoms with Crippen molar-refractivity contribution in [1.29, 1.82) is 0 Å². The Morgan fingerprint density at radius 3 is 2.27 bits per heavy atom. The average Bonchev–Trinajstić information content (AvgIpc) is 3.61. The first-order valence-electron chi connectivity index (χ1n) is 18.7. The highest BCUT2D eigenvalue weighted by Crippen LogP contribution is 2.30. The number of amides is 4. The number of carbonyl (C=O) groups excluding carboxylic acids is 5. The molecule has 1 aliphatic carbocycles. The molecular weight excluding hydrogens is 700 g/mol. The molecule has 13 nitrogen and oxygen atoms in total. The van der Waals surface area contributed by atoms with Crippen LogP contribution in [0.3, 0.4) is 0 Å². The zero-order valence-corrected chi connectivity index (χ0v) is 32.6. The minimum atomic E-state index is -0.940. The number of alkyl carbamates (subject to hydrolysis) is 1. The van der Waals surface area contributed by atoms with Gasteiger partial charge in [0.1, 0.15) is 11.6 Å². The van der Waals surface area contributed by atoms with Crippen molar-refractivity contribution in [2.24, 2.45) is 11.8 Å². The Labute approximate surface area is 321 Å². The van der Waals surface area contributed by atoms with Gasteiger partial charge in [-0.05, 0) is 120 Å². The van der Waals surface area contributed by atoms with Crippen molar-refractivity contribution in [3.05, 3.63) is 83.0 Å². The maximum atomic E-state index is 14.0. The fourth-order valence-corrected chi connectivity index (χ4v) is 6.83. The lowest BCUT2D eigenvalue weighted by Gasteiger charge is -2.29. The molecule has 0 radical (unpaired) electrons. The molecule has 1 atom stereocenters. The van der Waals surface area contributed by atoms with Gasteiger partial charge in [-0.1, -0.05) is 30.3 Å². The van der Waals surface area contributed by atoms with Crippen LogP contribution < -0.4 is 21.3 Å². The Bertz CT molecular complexity index is 2020. The summed E-state index contributed by atoms with van der Waals surface area (Å²) in [5.74, 6) is -1.45. The van der Waals surface area contributed by atoms with Crippen LogP contribution in [0.1, 0.15) is 92.1 Å². The van der Waals surface area contributed by atoms with E-state index in [0.29, 0.717) is 41.5 Å². The Balaban J connectivity index is 1.31. The highest BCUT2D eigenvalue weighted by atomic mass is 16.6. The molecule has 5 rings (SSSR count). The van der Waals surface area contributed by atoms with Crippen molar-refractivity contribution in [2.75, 3.05) is 19.0 Å². The number of aromatic amines is 1. The molecule has 13 heteroatoms. The summed E-state index contributed by atoms with van der Waals surface area (Å²) in [5.41, 5.74) is 4.82. The Morgan fingerprint density at radius 2 is 1.64 bits per heavy atom.